The largest absolute Gasteiger partial charge is 0.392 e. The van der Waals surface area contributed by atoms with Gasteiger partial charge >= 0.3 is 0 Å². The SMILES string of the molecule is OCc1cnc(-c2cc(Cl)cc(Cl)c2)c(Cl)c1. The molecule has 17 heavy (non-hydrogen) atoms. The summed E-state index contributed by atoms with van der Waals surface area (Å²) in [6.07, 6.45) is 1.57. The second kappa shape index (κ2) is 5.23. The van der Waals surface area contributed by atoms with Gasteiger partial charge < -0.3 is 5.11 Å². The van der Waals surface area contributed by atoms with Crippen molar-refractivity contribution in [1.82, 2.24) is 4.98 Å². The topological polar surface area (TPSA) is 33.1 Å². The van der Waals surface area contributed by atoms with Gasteiger partial charge in [-0.1, -0.05) is 34.8 Å². The Morgan fingerprint density at radius 2 is 1.65 bits per heavy atom. The number of benzene rings is 1. The van der Waals surface area contributed by atoms with Gasteiger partial charge in [0.25, 0.3) is 0 Å². The van der Waals surface area contributed by atoms with E-state index in [1.54, 1.807) is 30.5 Å². The highest BCUT2D eigenvalue weighted by Crippen LogP contribution is 2.30. The Kier molecular flexibility index (Phi) is 3.89. The van der Waals surface area contributed by atoms with E-state index in [9.17, 15) is 0 Å². The van der Waals surface area contributed by atoms with Crippen LogP contribution >= 0.6 is 34.8 Å². The van der Waals surface area contributed by atoms with Crippen molar-refractivity contribution in [3.8, 4) is 11.3 Å². The van der Waals surface area contributed by atoms with Crippen LogP contribution in [0.4, 0.5) is 0 Å². The van der Waals surface area contributed by atoms with E-state index in [0.717, 1.165) is 5.56 Å². The van der Waals surface area contributed by atoms with Crippen molar-refractivity contribution in [3.63, 3.8) is 0 Å². The highest BCUT2D eigenvalue weighted by Gasteiger charge is 2.08. The third-order valence-corrected chi connectivity index (χ3v) is 2.94. The zero-order valence-corrected chi connectivity index (χ0v) is 10.9. The van der Waals surface area contributed by atoms with Gasteiger partial charge in [-0.15, -0.1) is 0 Å². The van der Waals surface area contributed by atoms with E-state index in [1.165, 1.54) is 0 Å². The molecule has 2 rings (SSSR count). The highest BCUT2D eigenvalue weighted by molar-refractivity contribution is 6.36. The molecule has 0 saturated heterocycles. The standard InChI is InChI=1S/C12H8Cl3NO/c13-9-2-8(3-10(14)4-9)12-11(15)1-7(6-17)5-16-12/h1-5,17H,6H2. The van der Waals surface area contributed by atoms with Gasteiger partial charge in [0, 0.05) is 21.8 Å². The Labute approximate surface area is 114 Å². The number of nitrogens with zero attached hydrogens (tertiary/aromatic N) is 1. The highest BCUT2D eigenvalue weighted by atomic mass is 35.5. The number of aliphatic hydroxyl groups excluding tert-OH is 1. The third-order valence-electron chi connectivity index (χ3n) is 2.22. The molecule has 1 aromatic heterocycles. The molecule has 0 amide bonds. The van der Waals surface area contributed by atoms with Gasteiger partial charge in [-0.05, 0) is 29.8 Å². The average Bonchev–Trinajstić information content (AvgIpc) is 2.27. The molecular formula is C12H8Cl3NO. The summed E-state index contributed by atoms with van der Waals surface area (Å²) in [6.45, 7) is -0.0939. The van der Waals surface area contributed by atoms with Crippen molar-refractivity contribution in [1.29, 1.82) is 0 Å². The Bertz CT molecular complexity index is 537. The first-order chi connectivity index (χ1) is 8.10. The fraction of sp³-hybridized carbons (Fsp3) is 0.0833. The molecule has 0 aliphatic carbocycles. The first-order valence-electron chi connectivity index (χ1n) is 4.82. The van der Waals surface area contributed by atoms with Crippen LogP contribution in [0.15, 0.2) is 30.5 Å². The molecule has 1 N–H and O–H groups in total. The number of aliphatic hydroxyl groups is 1. The van der Waals surface area contributed by atoms with Crippen molar-refractivity contribution in [2.75, 3.05) is 0 Å². The summed E-state index contributed by atoms with van der Waals surface area (Å²) in [5, 5.41) is 10.5. The molecule has 2 aromatic rings. The molecule has 0 spiro atoms. The van der Waals surface area contributed by atoms with Gasteiger partial charge in [0.2, 0.25) is 0 Å². The van der Waals surface area contributed by atoms with Crippen LogP contribution in [0.3, 0.4) is 0 Å². The summed E-state index contributed by atoms with van der Waals surface area (Å²) in [5.41, 5.74) is 2.00. The predicted octanol–water partition coefficient (Wildman–Crippen LogP) is 4.20. The zero-order valence-electron chi connectivity index (χ0n) is 8.62. The minimum absolute atomic E-state index is 0.0939. The van der Waals surface area contributed by atoms with E-state index in [0.29, 0.717) is 26.3 Å². The lowest BCUT2D eigenvalue weighted by Crippen LogP contribution is -1.90. The molecule has 1 aromatic carbocycles. The molecule has 2 nitrogen and oxygen atoms in total. The van der Waals surface area contributed by atoms with Crippen LogP contribution in [0, 0.1) is 0 Å². The maximum Gasteiger partial charge on any atom is 0.0889 e. The van der Waals surface area contributed by atoms with Crippen molar-refractivity contribution in [3.05, 3.63) is 51.1 Å². The fourth-order valence-electron chi connectivity index (χ4n) is 1.47. The summed E-state index contributed by atoms with van der Waals surface area (Å²) >= 11 is 17.9. The molecule has 1 heterocycles. The van der Waals surface area contributed by atoms with E-state index in [1.807, 2.05) is 0 Å². The van der Waals surface area contributed by atoms with Gasteiger partial charge in [-0.2, -0.15) is 0 Å². The molecule has 5 heteroatoms. The van der Waals surface area contributed by atoms with Crippen LogP contribution in [0.1, 0.15) is 5.56 Å². The van der Waals surface area contributed by atoms with Crippen molar-refractivity contribution >= 4 is 34.8 Å². The van der Waals surface area contributed by atoms with E-state index < -0.39 is 0 Å². The van der Waals surface area contributed by atoms with Crippen molar-refractivity contribution in [2.24, 2.45) is 0 Å². The molecule has 0 aliphatic heterocycles. The Hall–Kier alpha value is -0.800. The van der Waals surface area contributed by atoms with Crippen LogP contribution in [0.5, 0.6) is 0 Å². The van der Waals surface area contributed by atoms with E-state index >= 15 is 0 Å². The first-order valence-corrected chi connectivity index (χ1v) is 5.95. The van der Waals surface area contributed by atoms with Gasteiger partial charge in [0.1, 0.15) is 0 Å². The maximum absolute atomic E-state index is 8.97. The fourth-order valence-corrected chi connectivity index (χ4v) is 2.29. The van der Waals surface area contributed by atoms with Gasteiger partial charge in [0.05, 0.1) is 17.3 Å². The number of pyridine rings is 1. The van der Waals surface area contributed by atoms with E-state index in [4.69, 9.17) is 39.9 Å². The Balaban J connectivity index is 2.52. The van der Waals surface area contributed by atoms with E-state index in [2.05, 4.69) is 4.98 Å². The lowest BCUT2D eigenvalue weighted by Gasteiger charge is -2.06. The van der Waals surface area contributed by atoms with E-state index in [-0.39, 0.29) is 6.61 Å². The summed E-state index contributed by atoms with van der Waals surface area (Å²) < 4.78 is 0. The quantitative estimate of drug-likeness (QED) is 0.898. The van der Waals surface area contributed by atoms with Crippen molar-refractivity contribution in [2.45, 2.75) is 6.61 Å². The van der Waals surface area contributed by atoms with Crippen LogP contribution < -0.4 is 0 Å². The van der Waals surface area contributed by atoms with Gasteiger partial charge in [0.15, 0.2) is 0 Å². The molecule has 0 bridgehead atoms. The number of halogens is 3. The van der Waals surface area contributed by atoms with Crippen molar-refractivity contribution < 1.29 is 5.11 Å². The lowest BCUT2D eigenvalue weighted by atomic mass is 10.1. The molecule has 0 fully saturated rings. The molecule has 0 atom stereocenters. The van der Waals surface area contributed by atoms with Gasteiger partial charge in [-0.25, -0.2) is 0 Å². The minimum Gasteiger partial charge on any atom is -0.392 e. The lowest BCUT2D eigenvalue weighted by molar-refractivity contribution is 0.281. The second-order valence-corrected chi connectivity index (χ2v) is 4.77. The number of aromatic nitrogens is 1. The normalized spacial score (nSPS) is 10.6. The zero-order chi connectivity index (χ0) is 12.4. The smallest absolute Gasteiger partial charge is 0.0889 e. The summed E-state index contributed by atoms with van der Waals surface area (Å²) in [5.74, 6) is 0. The summed E-state index contributed by atoms with van der Waals surface area (Å²) in [6, 6.07) is 6.78. The molecule has 0 unspecified atom stereocenters. The second-order valence-electron chi connectivity index (χ2n) is 3.49. The minimum atomic E-state index is -0.0939. The van der Waals surface area contributed by atoms with Gasteiger partial charge in [-0.3, -0.25) is 4.98 Å². The Morgan fingerprint density at radius 3 is 2.18 bits per heavy atom. The summed E-state index contributed by atoms with van der Waals surface area (Å²) in [7, 11) is 0. The number of rotatable bonds is 2. The van der Waals surface area contributed by atoms with Crippen LogP contribution in [0.2, 0.25) is 15.1 Å². The average molecular weight is 289 g/mol. The monoisotopic (exact) mass is 287 g/mol. The maximum atomic E-state index is 8.97. The Morgan fingerprint density at radius 1 is 1.00 bits per heavy atom. The van der Waals surface area contributed by atoms with Crippen LogP contribution in [-0.2, 0) is 6.61 Å². The number of hydrogen-bond donors (Lipinski definition) is 1. The van der Waals surface area contributed by atoms with Crippen LogP contribution in [-0.4, -0.2) is 10.1 Å². The molecule has 0 aliphatic rings. The summed E-state index contributed by atoms with van der Waals surface area (Å²) in [4.78, 5) is 4.19. The molecular weight excluding hydrogens is 280 g/mol. The number of hydrogen-bond acceptors (Lipinski definition) is 2. The molecule has 0 radical (unpaired) electrons. The molecule has 88 valence electrons. The predicted molar refractivity (Wildman–Crippen MR) is 70.6 cm³/mol. The third kappa shape index (κ3) is 2.90. The molecule has 0 saturated carbocycles. The van der Waals surface area contributed by atoms with Crippen LogP contribution in [0.25, 0.3) is 11.3 Å². The first kappa shape index (κ1) is 12.7.